The minimum Gasteiger partial charge on any atom is -0.322 e. The zero-order valence-corrected chi connectivity index (χ0v) is 12.8. The van der Waals surface area contributed by atoms with E-state index < -0.39 is 11.7 Å². The molecule has 0 amide bonds. The van der Waals surface area contributed by atoms with Gasteiger partial charge in [-0.05, 0) is 18.9 Å². The van der Waals surface area contributed by atoms with E-state index in [4.69, 9.17) is 5.73 Å². The summed E-state index contributed by atoms with van der Waals surface area (Å²) in [7, 11) is 0. The van der Waals surface area contributed by atoms with Crippen LogP contribution >= 0.6 is 11.8 Å². The first kappa shape index (κ1) is 17.6. The van der Waals surface area contributed by atoms with E-state index in [0.717, 1.165) is 0 Å². The summed E-state index contributed by atoms with van der Waals surface area (Å²) in [5.41, 5.74) is 6.62. The number of nitrogens with zero attached hydrogens (tertiary/aromatic N) is 3. The number of carbonyl (C=O) groups excluding carboxylic acids is 1. The maximum atomic E-state index is 12.3. The van der Waals surface area contributed by atoms with Crippen LogP contribution in [0.25, 0.3) is 0 Å². The Bertz CT molecular complexity index is 673. The fourth-order valence-electron chi connectivity index (χ4n) is 1.62. The minimum atomic E-state index is -1.03. The summed E-state index contributed by atoms with van der Waals surface area (Å²) >= 11 is 1.27. The van der Waals surface area contributed by atoms with Crippen LogP contribution in [-0.4, -0.2) is 23.4 Å². The van der Waals surface area contributed by atoms with E-state index in [1.54, 1.807) is 18.2 Å². The molecule has 0 aliphatic rings. The van der Waals surface area contributed by atoms with E-state index in [0.29, 0.717) is 22.3 Å². The minimum absolute atomic E-state index is 0.215. The van der Waals surface area contributed by atoms with Crippen molar-refractivity contribution in [3.8, 4) is 6.07 Å². The van der Waals surface area contributed by atoms with Crippen molar-refractivity contribution < 1.29 is 4.79 Å². The smallest absolute Gasteiger partial charge is 0.185 e. The lowest BCUT2D eigenvalue weighted by molar-refractivity contribution is -0.115. The molecule has 2 N–H and O–H groups in total. The van der Waals surface area contributed by atoms with Crippen molar-refractivity contribution in [3.05, 3.63) is 54.8 Å². The van der Waals surface area contributed by atoms with E-state index in [1.807, 2.05) is 6.07 Å². The van der Waals surface area contributed by atoms with Gasteiger partial charge in [0.25, 0.3) is 0 Å². The predicted molar refractivity (Wildman–Crippen MR) is 90.2 cm³/mol. The second kappa shape index (κ2) is 8.72. The Labute approximate surface area is 134 Å². The summed E-state index contributed by atoms with van der Waals surface area (Å²) in [6.45, 7) is 10.6. The van der Waals surface area contributed by atoms with Gasteiger partial charge >= 0.3 is 0 Å². The van der Waals surface area contributed by atoms with Gasteiger partial charge in [0.05, 0.1) is 17.5 Å². The summed E-state index contributed by atoms with van der Waals surface area (Å²) in [5.74, 6) is -1.13. The number of nitriles is 1. The lowest BCUT2D eigenvalue weighted by Crippen LogP contribution is -2.13. The van der Waals surface area contributed by atoms with Gasteiger partial charge in [-0.2, -0.15) is 5.26 Å². The van der Waals surface area contributed by atoms with Crippen molar-refractivity contribution in [2.24, 2.45) is 10.7 Å². The van der Waals surface area contributed by atoms with E-state index in [-0.39, 0.29) is 5.57 Å². The lowest BCUT2D eigenvalue weighted by atomic mass is 9.96. The van der Waals surface area contributed by atoms with Crippen LogP contribution in [0.15, 0.2) is 59.1 Å². The van der Waals surface area contributed by atoms with Gasteiger partial charge in [0.15, 0.2) is 11.7 Å². The number of thioether (sulfide) groups is 1. The van der Waals surface area contributed by atoms with Crippen molar-refractivity contribution in [1.29, 1.82) is 5.26 Å². The lowest BCUT2D eigenvalue weighted by Gasteiger charge is -2.10. The van der Waals surface area contributed by atoms with Gasteiger partial charge in [-0.3, -0.25) is 9.79 Å². The molecule has 0 fully saturated rings. The molecule has 1 heterocycles. The van der Waals surface area contributed by atoms with Crippen LogP contribution in [0.3, 0.4) is 0 Å². The average molecular weight is 312 g/mol. The molecule has 0 radical (unpaired) electrons. The normalized spacial score (nSPS) is 11.6. The number of pyridine rings is 1. The van der Waals surface area contributed by atoms with Crippen LogP contribution in [0.5, 0.6) is 0 Å². The van der Waals surface area contributed by atoms with Crippen LogP contribution in [0.4, 0.5) is 5.69 Å². The molecular weight excluding hydrogens is 296 g/mol. The van der Waals surface area contributed by atoms with Crippen LogP contribution in [0.2, 0.25) is 0 Å². The number of hydrogen-bond acceptors (Lipinski definition) is 6. The summed E-state index contributed by atoms with van der Waals surface area (Å²) in [5, 5.41) is 9.85. The Balaban J connectivity index is 3.17. The number of hydrogen-bond donors (Lipinski definition) is 1. The molecule has 0 aliphatic carbocycles. The Morgan fingerprint density at radius 1 is 1.59 bits per heavy atom. The van der Waals surface area contributed by atoms with Crippen LogP contribution in [0.1, 0.15) is 11.6 Å². The number of aromatic nitrogens is 1. The van der Waals surface area contributed by atoms with Gasteiger partial charge in [0.1, 0.15) is 5.03 Å². The number of carbonyl (C=O) groups is 1. The Morgan fingerprint density at radius 3 is 2.86 bits per heavy atom. The Hall–Kier alpha value is -2.49. The number of nitrogens with two attached hydrogens (primary N) is 1. The zero-order chi connectivity index (χ0) is 16.5. The van der Waals surface area contributed by atoms with Crippen LogP contribution < -0.4 is 5.73 Å². The highest BCUT2D eigenvalue weighted by Gasteiger charge is 2.23. The molecular formula is C16H16N4OS. The molecule has 1 aromatic heterocycles. The molecule has 0 spiro atoms. The third-order valence-electron chi connectivity index (χ3n) is 2.69. The van der Waals surface area contributed by atoms with E-state index in [2.05, 4.69) is 29.9 Å². The highest BCUT2D eigenvalue weighted by atomic mass is 32.2. The standard InChI is InChI=1S/C16H16N4OS/c1-4-5-6-11(2)15(21)12(9-17)13-7-8-14(19-3)16(20-13)22-10-18/h4-8,12H,1-3,10,18H2/b6-5-. The number of ketones is 1. The number of allylic oxidation sites excluding steroid dienone is 4. The maximum absolute atomic E-state index is 12.3. The first-order chi connectivity index (χ1) is 10.6. The summed E-state index contributed by atoms with van der Waals surface area (Å²) in [6.07, 6.45) is 4.62. The van der Waals surface area contributed by atoms with Gasteiger partial charge in [-0.25, -0.2) is 4.98 Å². The largest absolute Gasteiger partial charge is 0.322 e. The Morgan fingerprint density at radius 2 is 2.32 bits per heavy atom. The second-order valence-corrected chi connectivity index (χ2v) is 5.08. The monoisotopic (exact) mass is 312 g/mol. The maximum Gasteiger partial charge on any atom is 0.185 e. The number of Topliss-reactive ketones (excluding diaryl/α,β-unsaturated/α-hetero) is 1. The molecule has 1 rings (SSSR count). The molecule has 0 saturated heterocycles. The zero-order valence-electron chi connectivity index (χ0n) is 12.0. The second-order valence-electron chi connectivity index (χ2n) is 4.08. The van der Waals surface area contributed by atoms with E-state index >= 15 is 0 Å². The highest BCUT2D eigenvalue weighted by molar-refractivity contribution is 7.99. The van der Waals surface area contributed by atoms with Gasteiger partial charge < -0.3 is 5.73 Å². The van der Waals surface area contributed by atoms with Gasteiger partial charge in [0, 0.05) is 11.4 Å². The molecule has 0 aliphatic heterocycles. The third-order valence-corrected chi connectivity index (χ3v) is 3.43. The van der Waals surface area contributed by atoms with E-state index in [9.17, 15) is 10.1 Å². The molecule has 1 atom stereocenters. The molecule has 112 valence electrons. The van der Waals surface area contributed by atoms with Crippen molar-refractivity contribution in [2.75, 3.05) is 5.88 Å². The quantitative estimate of drug-likeness (QED) is 0.262. The molecule has 1 unspecified atom stereocenters. The summed E-state index contributed by atoms with van der Waals surface area (Å²) in [4.78, 5) is 20.4. The SMILES string of the molecule is C=C/C=C\C(=C)C(=O)C(C#N)c1ccc(N=C)c(SCN)n1. The van der Waals surface area contributed by atoms with Crippen molar-refractivity contribution >= 4 is 30.0 Å². The average Bonchev–Trinajstić information content (AvgIpc) is 2.53. The third kappa shape index (κ3) is 4.25. The number of aliphatic imine (C=N–C) groups is 1. The van der Waals surface area contributed by atoms with Crippen molar-refractivity contribution in [2.45, 2.75) is 10.9 Å². The van der Waals surface area contributed by atoms with Crippen LogP contribution in [-0.2, 0) is 4.79 Å². The van der Waals surface area contributed by atoms with E-state index in [1.165, 1.54) is 23.9 Å². The molecule has 0 bridgehead atoms. The first-order valence-electron chi connectivity index (χ1n) is 6.31. The predicted octanol–water partition coefficient (Wildman–Crippen LogP) is 2.90. The summed E-state index contributed by atoms with van der Waals surface area (Å²) < 4.78 is 0. The molecule has 22 heavy (non-hydrogen) atoms. The van der Waals surface area contributed by atoms with Crippen molar-refractivity contribution in [1.82, 2.24) is 4.98 Å². The Kier molecular flexibility index (Phi) is 6.96. The molecule has 6 heteroatoms. The molecule has 0 aromatic carbocycles. The topological polar surface area (TPSA) is 92.1 Å². The van der Waals surface area contributed by atoms with Gasteiger partial charge in [0.2, 0.25) is 0 Å². The molecule has 1 aromatic rings. The van der Waals surface area contributed by atoms with Gasteiger partial charge in [-0.1, -0.05) is 43.1 Å². The molecule has 0 saturated carbocycles. The summed E-state index contributed by atoms with van der Waals surface area (Å²) in [6, 6.07) is 5.21. The fourth-order valence-corrected chi connectivity index (χ4v) is 2.23. The number of rotatable bonds is 8. The molecule has 5 nitrogen and oxygen atoms in total. The van der Waals surface area contributed by atoms with Gasteiger partial charge in [-0.15, -0.1) is 0 Å². The fraction of sp³-hybridized carbons (Fsp3) is 0.125. The van der Waals surface area contributed by atoms with Crippen LogP contribution in [0, 0.1) is 11.3 Å². The van der Waals surface area contributed by atoms with Crippen molar-refractivity contribution in [3.63, 3.8) is 0 Å². The highest BCUT2D eigenvalue weighted by Crippen LogP contribution is 2.29. The first-order valence-corrected chi connectivity index (χ1v) is 7.30.